The number of alkyl halides is 1. The molecule has 0 radical (unpaired) electrons. The molecule has 21 heavy (non-hydrogen) atoms. The second-order valence-corrected chi connectivity index (χ2v) is 6.03. The van der Waals surface area contributed by atoms with E-state index < -0.39 is 5.97 Å². The van der Waals surface area contributed by atoms with Crippen molar-refractivity contribution in [2.75, 3.05) is 6.61 Å². The van der Waals surface area contributed by atoms with Crippen LogP contribution in [0, 0.1) is 5.92 Å². The zero-order chi connectivity index (χ0) is 14.8. The molecule has 1 fully saturated rings. The smallest absolute Gasteiger partial charge is 0.354 e. The minimum Gasteiger partial charge on any atom is -0.491 e. The zero-order valence-corrected chi connectivity index (χ0v) is 12.2. The molecule has 1 N–H and O–H groups in total. The lowest BCUT2D eigenvalue weighted by atomic mass is 10.1. The average molecular weight is 306 g/mol. The number of ether oxygens (including phenoxy) is 1. The summed E-state index contributed by atoms with van der Waals surface area (Å²) in [4.78, 5) is 15.2. The first-order valence-electron chi connectivity index (χ1n) is 7.03. The van der Waals surface area contributed by atoms with Gasteiger partial charge in [0.25, 0.3) is 0 Å². The first kappa shape index (κ1) is 14.1. The SMILES string of the molecule is O=C(O)c1ccc2cccc(OCC3CCC(Cl)C3)c2n1. The lowest BCUT2D eigenvalue weighted by Gasteiger charge is -2.13. The lowest BCUT2D eigenvalue weighted by Crippen LogP contribution is -2.09. The molecule has 1 aliphatic carbocycles. The van der Waals surface area contributed by atoms with Gasteiger partial charge < -0.3 is 9.84 Å². The summed E-state index contributed by atoms with van der Waals surface area (Å²) in [5.41, 5.74) is 0.623. The van der Waals surface area contributed by atoms with Crippen LogP contribution in [0.25, 0.3) is 10.9 Å². The van der Waals surface area contributed by atoms with Gasteiger partial charge in [0.2, 0.25) is 0 Å². The number of carboxylic acids is 1. The van der Waals surface area contributed by atoms with Crippen molar-refractivity contribution >= 4 is 28.5 Å². The molecule has 1 aromatic carbocycles. The molecule has 0 amide bonds. The predicted octanol–water partition coefficient (Wildman–Crippen LogP) is 3.72. The molecule has 2 aromatic rings. The molecular weight excluding hydrogens is 290 g/mol. The second kappa shape index (κ2) is 5.90. The number of benzene rings is 1. The molecule has 1 aliphatic rings. The van der Waals surface area contributed by atoms with Crippen LogP contribution < -0.4 is 4.74 Å². The van der Waals surface area contributed by atoms with E-state index >= 15 is 0 Å². The fourth-order valence-corrected chi connectivity index (χ4v) is 3.11. The predicted molar refractivity (Wildman–Crippen MR) is 81.2 cm³/mol. The summed E-state index contributed by atoms with van der Waals surface area (Å²) < 4.78 is 5.87. The first-order chi connectivity index (χ1) is 10.1. The van der Waals surface area contributed by atoms with Crippen LogP contribution in [0.4, 0.5) is 0 Å². The molecule has 1 aromatic heterocycles. The summed E-state index contributed by atoms with van der Waals surface area (Å²) in [6.07, 6.45) is 3.08. The molecule has 5 heteroatoms. The maximum atomic E-state index is 11.0. The van der Waals surface area contributed by atoms with Gasteiger partial charge in [0, 0.05) is 10.8 Å². The topological polar surface area (TPSA) is 59.4 Å². The minimum absolute atomic E-state index is 0.0280. The summed E-state index contributed by atoms with van der Waals surface area (Å²) in [6, 6.07) is 8.87. The Hall–Kier alpha value is -1.81. The zero-order valence-electron chi connectivity index (χ0n) is 11.5. The van der Waals surface area contributed by atoms with E-state index in [1.54, 1.807) is 6.07 Å². The van der Waals surface area contributed by atoms with Gasteiger partial charge in [-0.15, -0.1) is 11.6 Å². The van der Waals surface area contributed by atoms with Gasteiger partial charge in [-0.2, -0.15) is 0 Å². The third kappa shape index (κ3) is 3.10. The maximum Gasteiger partial charge on any atom is 0.354 e. The quantitative estimate of drug-likeness (QED) is 0.875. The number of halogens is 1. The van der Waals surface area contributed by atoms with Crippen LogP contribution >= 0.6 is 11.6 Å². The standard InChI is InChI=1S/C16H16ClNO3/c17-12-6-4-10(8-12)9-21-14-3-1-2-11-5-7-13(16(19)20)18-15(11)14/h1-3,5,7,10,12H,4,6,8-9H2,(H,19,20). The molecule has 2 atom stereocenters. The van der Waals surface area contributed by atoms with Crippen molar-refractivity contribution in [2.45, 2.75) is 24.6 Å². The summed E-state index contributed by atoms with van der Waals surface area (Å²) >= 11 is 6.11. The van der Waals surface area contributed by atoms with Crippen molar-refractivity contribution < 1.29 is 14.6 Å². The largest absolute Gasteiger partial charge is 0.491 e. The third-order valence-corrected chi connectivity index (χ3v) is 4.25. The average Bonchev–Trinajstić information content (AvgIpc) is 2.90. The van der Waals surface area contributed by atoms with Gasteiger partial charge >= 0.3 is 5.97 Å². The van der Waals surface area contributed by atoms with E-state index in [0.29, 0.717) is 23.8 Å². The first-order valence-corrected chi connectivity index (χ1v) is 7.47. The van der Waals surface area contributed by atoms with Gasteiger partial charge in [0.1, 0.15) is 17.0 Å². The highest BCUT2D eigenvalue weighted by Gasteiger charge is 2.23. The molecule has 4 nitrogen and oxygen atoms in total. The van der Waals surface area contributed by atoms with Crippen LogP contribution in [-0.4, -0.2) is 28.0 Å². The number of nitrogens with zero attached hydrogens (tertiary/aromatic N) is 1. The third-order valence-electron chi connectivity index (χ3n) is 3.85. The lowest BCUT2D eigenvalue weighted by molar-refractivity contribution is 0.0691. The van der Waals surface area contributed by atoms with E-state index in [0.717, 1.165) is 24.6 Å². The molecule has 3 rings (SSSR count). The molecule has 110 valence electrons. The van der Waals surface area contributed by atoms with Gasteiger partial charge in [-0.25, -0.2) is 9.78 Å². The number of pyridine rings is 1. The Bertz CT molecular complexity index is 674. The molecule has 0 bridgehead atoms. The summed E-state index contributed by atoms with van der Waals surface area (Å²) in [6.45, 7) is 0.599. The van der Waals surface area contributed by atoms with Crippen LogP contribution in [0.1, 0.15) is 29.8 Å². The van der Waals surface area contributed by atoms with Crippen LogP contribution in [-0.2, 0) is 0 Å². The highest BCUT2D eigenvalue weighted by molar-refractivity contribution is 6.20. The number of carbonyl (C=O) groups is 1. The van der Waals surface area contributed by atoms with Crippen molar-refractivity contribution in [3.8, 4) is 5.75 Å². The van der Waals surface area contributed by atoms with Crippen molar-refractivity contribution in [1.29, 1.82) is 0 Å². The number of hydrogen-bond donors (Lipinski definition) is 1. The summed E-state index contributed by atoms with van der Waals surface area (Å²) in [5, 5.41) is 10.2. The van der Waals surface area contributed by atoms with Crippen LogP contribution in [0.3, 0.4) is 0 Å². The van der Waals surface area contributed by atoms with Gasteiger partial charge in [0.05, 0.1) is 6.61 Å². The monoisotopic (exact) mass is 305 g/mol. The number of carboxylic acid groups (broad SMARTS) is 1. The Balaban J connectivity index is 1.83. The van der Waals surface area contributed by atoms with Crippen LogP contribution in [0.15, 0.2) is 30.3 Å². The highest BCUT2D eigenvalue weighted by Crippen LogP contribution is 2.31. The van der Waals surface area contributed by atoms with E-state index in [1.807, 2.05) is 18.2 Å². The Morgan fingerprint density at radius 3 is 2.90 bits per heavy atom. The maximum absolute atomic E-state index is 11.0. The molecule has 2 unspecified atom stereocenters. The number of rotatable bonds is 4. The Morgan fingerprint density at radius 2 is 2.19 bits per heavy atom. The number of aromatic nitrogens is 1. The van der Waals surface area contributed by atoms with Crippen molar-refractivity contribution in [2.24, 2.45) is 5.92 Å². The van der Waals surface area contributed by atoms with Crippen molar-refractivity contribution in [1.82, 2.24) is 4.98 Å². The molecule has 0 aliphatic heterocycles. The minimum atomic E-state index is -1.03. The summed E-state index contributed by atoms with van der Waals surface area (Å²) in [5.74, 6) is 0.0616. The van der Waals surface area contributed by atoms with E-state index in [2.05, 4.69) is 4.98 Å². The molecule has 0 saturated heterocycles. The van der Waals surface area contributed by atoms with Crippen molar-refractivity contribution in [3.05, 3.63) is 36.0 Å². The van der Waals surface area contributed by atoms with Crippen molar-refractivity contribution in [3.63, 3.8) is 0 Å². The molecular formula is C16H16ClNO3. The highest BCUT2D eigenvalue weighted by atomic mass is 35.5. The van der Waals surface area contributed by atoms with Gasteiger partial charge in [-0.05, 0) is 37.3 Å². The Labute approximate surface area is 127 Å². The fraction of sp³-hybridized carbons (Fsp3) is 0.375. The molecule has 0 spiro atoms. The fourth-order valence-electron chi connectivity index (χ4n) is 2.73. The Morgan fingerprint density at radius 1 is 1.33 bits per heavy atom. The van der Waals surface area contributed by atoms with E-state index in [-0.39, 0.29) is 11.1 Å². The second-order valence-electron chi connectivity index (χ2n) is 5.42. The van der Waals surface area contributed by atoms with Gasteiger partial charge in [-0.3, -0.25) is 0 Å². The Kier molecular flexibility index (Phi) is 3.97. The van der Waals surface area contributed by atoms with E-state index in [4.69, 9.17) is 21.4 Å². The van der Waals surface area contributed by atoms with E-state index in [1.165, 1.54) is 6.07 Å². The van der Waals surface area contributed by atoms with Crippen LogP contribution in [0.2, 0.25) is 0 Å². The number of para-hydroxylation sites is 1. The molecule has 1 heterocycles. The van der Waals surface area contributed by atoms with Gasteiger partial charge in [0.15, 0.2) is 0 Å². The molecule has 1 saturated carbocycles. The number of fused-ring (bicyclic) bond motifs is 1. The normalized spacial score (nSPS) is 21.6. The van der Waals surface area contributed by atoms with E-state index in [9.17, 15) is 4.79 Å². The number of aromatic carboxylic acids is 1. The summed E-state index contributed by atoms with van der Waals surface area (Å²) in [7, 11) is 0. The van der Waals surface area contributed by atoms with Crippen LogP contribution in [0.5, 0.6) is 5.75 Å². The number of hydrogen-bond acceptors (Lipinski definition) is 3. The van der Waals surface area contributed by atoms with Gasteiger partial charge in [-0.1, -0.05) is 18.2 Å².